The molecule has 0 heterocycles. The van der Waals surface area contributed by atoms with Gasteiger partial charge < -0.3 is 9.64 Å². The molecule has 2 aromatic carbocycles. The lowest BCUT2D eigenvalue weighted by atomic mass is 10.1. The maximum atomic E-state index is 13.0. The monoisotopic (exact) mass is 384 g/mol. The van der Waals surface area contributed by atoms with Crippen LogP contribution < -0.4 is 4.74 Å². The Morgan fingerprint density at radius 2 is 1.92 bits per heavy atom. The number of ether oxygens (including phenoxy) is 1. The molecule has 0 atom stereocenters. The van der Waals surface area contributed by atoms with Gasteiger partial charge in [-0.05, 0) is 50.8 Å². The highest BCUT2D eigenvalue weighted by atomic mass is 35.5. The van der Waals surface area contributed by atoms with Crippen molar-refractivity contribution in [2.24, 2.45) is 4.99 Å². The van der Waals surface area contributed by atoms with Gasteiger partial charge in [-0.1, -0.05) is 23.7 Å². The molecule has 0 aromatic heterocycles. The third kappa shape index (κ3) is 5.47. The van der Waals surface area contributed by atoms with E-state index in [0.717, 1.165) is 23.7 Å². The summed E-state index contributed by atoms with van der Waals surface area (Å²) in [6.07, 6.45) is -3.00. The highest BCUT2D eigenvalue weighted by Crippen LogP contribution is 2.36. The Morgan fingerprint density at radius 3 is 2.58 bits per heavy atom. The number of halogens is 4. The molecule has 0 aliphatic carbocycles. The second-order valence-corrected chi connectivity index (χ2v) is 6.47. The van der Waals surface area contributed by atoms with E-state index < -0.39 is 11.7 Å². The summed E-state index contributed by atoms with van der Waals surface area (Å²) in [5.74, 6) is 0.639. The van der Waals surface area contributed by atoms with Gasteiger partial charge in [-0.15, -0.1) is 0 Å². The highest BCUT2D eigenvalue weighted by molar-refractivity contribution is 6.31. The molecule has 26 heavy (non-hydrogen) atoms. The number of aryl methyl sites for hydroxylation is 1. The van der Waals surface area contributed by atoms with Gasteiger partial charge in [0.25, 0.3) is 0 Å². The first-order valence-electron chi connectivity index (χ1n) is 7.96. The van der Waals surface area contributed by atoms with E-state index in [9.17, 15) is 13.2 Å². The average molecular weight is 385 g/mol. The number of likely N-dealkylation sites (N-methyl/N-ethyl adjacent to an activating group) is 1. The molecule has 140 valence electrons. The molecule has 0 bridgehead atoms. The molecule has 0 N–H and O–H groups in total. The van der Waals surface area contributed by atoms with E-state index in [4.69, 9.17) is 16.3 Å². The maximum Gasteiger partial charge on any atom is 0.417 e. The van der Waals surface area contributed by atoms with E-state index in [0.29, 0.717) is 12.4 Å². The standard InChI is InChI=1S/C19H20ClF3N2O/c1-13-5-4-6-18(26-10-9-25(2)3)15(13)12-24-14-7-8-17(20)16(11-14)19(21,22)23/h4-8,11-12H,9-10H2,1-3H3. The van der Waals surface area contributed by atoms with Crippen molar-refractivity contribution in [3.05, 3.63) is 58.1 Å². The molecule has 0 radical (unpaired) electrons. The summed E-state index contributed by atoms with van der Waals surface area (Å²) in [7, 11) is 3.89. The zero-order chi connectivity index (χ0) is 19.3. The summed E-state index contributed by atoms with van der Waals surface area (Å²) < 4.78 is 44.7. The summed E-state index contributed by atoms with van der Waals surface area (Å²) in [6.45, 7) is 3.14. The minimum Gasteiger partial charge on any atom is -0.492 e. The third-order valence-corrected chi connectivity index (χ3v) is 4.01. The first-order chi connectivity index (χ1) is 12.2. The smallest absolute Gasteiger partial charge is 0.417 e. The average Bonchev–Trinajstić information content (AvgIpc) is 2.54. The first-order valence-corrected chi connectivity index (χ1v) is 8.34. The number of hydrogen-bond acceptors (Lipinski definition) is 3. The van der Waals surface area contributed by atoms with Gasteiger partial charge in [0.15, 0.2) is 0 Å². The largest absolute Gasteiger partial charge is 0.492 e. The van der Waals surface area contributed by atoms with Crippen LogP contribution in [-0.4, -0.2) is 38.4 Å². The molecule has 3 nitrogen and oxygen atoms in total. The van der Waals surface area contributed by atoms with Crippen molar-refractivity contribution in [3.63, 3.8) is 0 Å². The van der Waals surface area contributed by atoms with Crippen LogP contribution in [0.5, 0.6) is 5.75 Å². The summed E-state index contributed by atoms with van der Waals surface area (Å²) in [6, 6.07) is 9.14. The van der Waals surface area contributed by atoms with E-state index in [2.05, 4.69) is 4.99 Å². The van der Waals surface area contributed by atoms with Gasteiger partial charge in [0.05, 0.1) is 16.3 Å². The van der Waals surface area contributed by atoms with Crippen molar-refractivity contribution >= 4 is 23.5 Å². The molecule has 0 unspecified atom stereocenters. The molecule has 0 saturated heterocycles. The zero-order valence-electron chi connectivity index (χ0n) is 14.8. The number of aliphatic imine (C=N–C) groups is 1. The Balaban J connectivity index is 2.28. The van der Waals surface area contributed by atoms with Crippen molar-refractivity contribution in [1.29, 1.82) is 0 Å². The number of benzene rings is 2. The fourth-order valence-corrected chi connectivity index (χ4v) is 2.46. The topological polar surface area (TPSA) is 24.8 Å². The normalized spacial score (nSPS) is 12.2. The summed E-state index contributed by atoms with van der Waals surface area (Å²) in [5.41, 5.74) is 0.918. The summed E-state index contributed by atoms with van der Waals surface area (Å²) in [5, 5.41) is -0.347. The Hall–Kier alpha value is -2.05. The van der Waals surface area contributed by atoms with Gasteiger partial charge >= 0.3 is 6.18 Å². The minimum absolute atomic E-state index is 0.171. The summed E-state index contributed by atoms with van der Waals surface area (Å²) >= 11 is 5.64. The van der Waals surface area contributed by atoms with Crippen LogP contribution in [0.2, 0.25) is 5.02 Å². The maximum absolute atomic E-state index is 13.0. The van der Waals surface area contributed by atoms with E-state index in [1.165, 1.54) is 18.3 Å². The molecule has 0 aliphatic rings. The van der Waals surface area contributed by atoms with Gasteiger partial charge in [0.2, 0.25) is 0 Å². The van der Waals surface area contributed by atoms with Crippen molar-refractivity contribution in [2.75, 3.05) is 27.2 Å². The van der Waals surface area contributed by atoms with Crippen LogP contribution in [0.3, 0.4) is 0 Å². The van der Waals surface area contributed by atoms with Crippen molar-refractivity contribution in [1.82, 2.24) is 4.90 Å². The second-order valence-electron chi connectivity index (χ2n) is 6.06. The Bertz CT molecular complexity index is 789. The fourth-order valence-electron chi connectivity index (χ4n) is 2.23. The Morgan fingerprint density at radius 1 is 1.19 bits per heavy atom. The molecule has 7 heteroatoms. The molecule has 0 saturated carbocycles. The number of hydrogen-bond donors (Lipinski definition) is 0. The predicted molar refractivity (Wildman–Crippen MR) is 98.9 cm³/mol. The van der Waals surface area contributed by atoms with Gasteiger partial charge in [-0.25, -0.2) is 0 Å². The van der Waals surface area contributed by atoms with E-state index in [1.807, 2.05) is 44.1 Å². The van der Waals surface area contributed by atoms with Crippen molar-refractivity contribution < 1.29 is 17.9 Å². The lowest BCUT2D eigenvalue weighted by Crippen LogP contribution is -2.19. The Labute approximate surface area is 156 Å². The third-order valence-electron chi connectivity index (χ3n) is 3.68. The molecular weight excluding hydrogens is 365 g/mol. The van der Waals surface area contributed by atoms with Crippen molar-refractivity contribution in [2.45, 2.75) is 13.1 Å². The van der Waals surface area contributed by atoms with Gasteiger partial charge in [0.1, 0.15) is 12.4 Å². The molecule has 0 fully saturated rings. The minimum atomic E-state index is -4.52. The van der Waals surface area contributed by atoms with Gasteiger partial charge in [-0.3, -0.25) is 4.99 Å². The Kier molecular flexibility index (Phi) is 6.67. The molecule has 0 amide bonds. The number of nitrogens with zero attached hydrogens (tertiary/aromatic N) is 2. The van der Waals surface area contributed by atoms with Gasteiger partial charge in [-0.2, -0.15) is 13.2 Å². The zero-order valence-corrected chi connectivity index (χ0v) is 15.5. The molecule has 2 rings (SSSR count). The quantitative estimate of drug-likeness (QED) is 0.626. The van der Waals surface area contributed by atoms with Crippen LogP contribution in [0.25, 0.3) is 0 Å². The number of alkyl halides is 3. The molecule has 2 aromatic rings. The van der Waals surface area contributed by atoms with E-state index in [1.54, 1.807) is 0 Å². The van der Waals surface area contributed by atoms with Gasteiger partial charge in [0, 0.05) is 18.3 Å². The van der Waals surface area contributed by atoms with Crippen molar-refractivity contribution in [3.8, 4) is 5.75 Å². The fraction of sp³-hybridized carbons (Fsp3) is 0.316. The van der Waals surface area contributed by atoms with E-state index in [-0.39, 0.29) is 10.7 Å². The first kappa shape index (κ1) is 20.3. The lowest BCUT2D eigenvalue weighted by molar-refractivity contribution is -0.137. The van der Waals surface area contributed by atoms with Crippen LogP contribution in [0.1, 0.15) is 16.7 Å². The predicted octanol–water partition coefficient (Wildman–Crippen LogP) is 5.36. The van der Waals surface area contributed by atoms with Crippen LogP contribution in [0.4, 0.5) is 18.9 Å². The molecule has 0 aliphatic heterocycles. The van der Waals surface area contributed by atoms with Crippen LogP contribution in [0, 0.1) is 6.92 Å². The van der Waals surface area contributed by atoms with Crippen LogP contribution >= 0.6 is 11.6 Å². The lowest BCUT2D eigenvalue weighted by Gasteiger charge is -2.14. The number of rotatable bonds is 6. The second kappa shape index (κ2) is 8.56. The highest BCUT2D eigenvalue weighted by Gasteiger charge is 2.33. The van der Waals surface area contributed by atoms with Crippen LogP contribution in [-0.2, 0) is 6.18 Å². The molecular formula is C19H20ClF3N2O. The molecule has 0 spiro atoms. The summed E-state index contributed by atoms with van der Waals surface area (Å²) in [4.78, 5) is 6.18. The van der Waals surface area contributed by atoms with Crippen LogP contribution in [0.15, 0.2) is 41.4 Å². The van der Waals surface area contributed by atoms with E-state index >= 15 is 0 Å². The SMILES string of the molecule is Cc1cccc(OCCN(C)C)c1C=Nc1ccc(Cl)c(C(F)(F)F)c1.